The van der Waals surface area contributed by atoms with Crippen LogP contribution >= 0.6 is 0 Å². The van der Waals surface area contributed by atoms with Crippen LogP contribution < -0.4 is 5.32 Å². The summed E-state index contributed by atoms with van der Waals surface area (Å²) < 4.78 is 16.6. The first-order valence-corrected chi connectivity index (χ1v) is 26.9. The Kier molecular flexibility index (Phi) is 42.1. The molecular formula is C55H99NO10. The average molecular weight is 934 g/mol. The second kappa shape index (κ2) is 45.1. The van der Waals surface area contributed by atoms with Crippen molar-refractivity contribution < 1.29 is 49.3 Å². The maximum absolute atomic E-state index is 12.9. The van der Waals surface area contributed by atoms with E-state index in [1.165, 1.54) is 96.3 Å². The number of rotatable bonds is 45. The maximum atomic E-state index is 12.9. The van der Waals surface area contributed by atoms with Crippen molar-refractivity contribution in [2.75, 3.05) is 19.8 Å². The smallest absolute Gasteiger partial charge is 0.305 e. The molecule has 0 aromatic carbocycles. The molecule has 11 nitrogen and oxygen atoms in total. The zero-order chi connectivity index (χ0) is 48.1. The molecular weight excluding hydrogens is 835 g/mol. The van der Waals surface area contributed by atoms with Crippen molar-refractivity contribution in [2.45, 2.75) is 269 Å². The summed E-state index contributed by atoms with van der Waals surface area (Å²) in [6.45, 7) is 3.99. The van der Waals surface area contributed by atoms with Crippen LogP contribution in [0.3, 0.4) is 0 Å². The van der Waals surface area contributed by atoms with E-state index in [1.54, 1.807) is 6.08 Å². The van der Waals surface area contributed by atoms with Crippen LogP contribution in [0.4, 0.5) is 0 Å². The van der Waals surface area contributed by atoms with Gasteiger partial charge in [-0.2, -0.15) is 0 Å². The molecule has 7 unspecified atom stereocenters. The van der Waals surface area contributed by atoms with Gasteiger partial charge in [-0.25, -0.2) is 0 Å². The molecule has 1 aliphatic heterocycles. The van der Waals surface area contributed by atoms with Gasteiger partial charge in [-0.15, -0.1) is 0 Å². The molecule has 1 rings (SSSR count). The monoisotopic (exact) mass is 934 g/mol. The second-order valence-electron chi connectivity index (χ2n) is 18.6. The Morgan fingerprint density at radius 1 is 0.576 bits per heavy atom. The fraction of sp³-hybridized carbons (Fsp3) is 0.818. The quantitative estimate of drug-likeness (QED) is 0.0196. The van der Waals surface area contributed by atoms with Crippen molar-refractivity contribution in [1.82, 2.24) is 5.32 Å². The lowest BCUT2D eigenvalue weighted by molar-refractivity contribution is -0.302. The number of aliphatic hydroxyl groups excluding tert-OH is 5. The highest BCUT2D eigenvalue weighted by molar-refractivity contribution is 5.76. The Bertz CT molecular complexity index is 1240. The molecule has 1 heterocycles. The van der Waals surface area contributed by atoms with Gasteiger partial charge in [0.05, 0.1) is 32.0 Å². The van der Waals surface area contributed by atoms with Gasteiger partial charge >= 0.3 is 5.97 Å². The molecule has 384 valence electrons. The van der Waals surface area contributed by atoms with Crippen molar-refractivity contribution in [2.24, 2.45) is 0 Å². The minimum atomic E-state index is -1.59. The number of unbranched alkanes of at least 4 members (excludes halogenated alkanes) is 26. The fourth-order valence-corrected chi connectivity index (χ4v) is 8.17. The van der Waals surface area contributed by atoms with Crippen molar-refractivity contribution in [3.05, 3.63) is 48.6 Å². The van der Waals surface area contributed by atoms with Gasteiger partial charge in [-0.1, -0.05) is 178 Å². The third-order valence-corrected chi connectivity index (χ3v) is 12.5. The summed E-state index contributed by atoms with van der Waals surface area (Å²) in [6, 6.07) is -0.852. The van der Waals surface area contributed by atoms with Crippen molar-refractivity contribution in [3.63, 3.8) is 0 Å². The molecule has 0 aliphatic carbocycles. The Morgan fingerprint density at radius 2 is 1.05 bits per heavy atom. The molecule has 1 aliphatic rings. The lowest BCUT2D eigenvalue weighted by atomic mass is 9.99. The van der Waals surface area contributed by atoms with Crippen molar-refractivity contribution in [1.29, 1.82) is 0 Å². The number of allylic oxidation sites excluding steroid dienone is 7. The van der Waals surface area contributed by atoms with Gasteiger partial charge in [-0.3, -0.25) is 9.59 Å². The van der Waals surface area contributed by atoms with Crippen molar-refractivity contribution in [3.8, 4) is 0 Å². The summed E-state index contributed by atoms with van der Waals surface area (Å²) in [5, 5.41) is 54.0. The number of carbonyl (C=O) groups excluding carboxylic acids is 2. The van der Waals surface area contributed by atoms with Crippen LogP contribution in [0.15, 0.2) is 48.6 Å². The summed E-state index contributed by atoms with van der Waals surface area (Å²) >= 11 is 0. The summed E-state index contributed by atoms with van der Waals surface area (Å²) in [4.78, 5) is 25.0. The standard InChI is InChI=1S/C55H99NO10/c1-3-5-7-9-11-13-14-15-16-17-18-19-23-27-31-35-39-43-51(60)64-44-40-36-32-28-24-21-20-22-26-30-34-38-42-50(59)56-47(48(58)41-37-33-29-25-12-10-8-6-4-2)46-65-55-54(63)53(62)52(61)49(45-57)66-55/h4,6,12,21,24-25,37,41,47-49,52-55,57-58,61-63H,3,5,7-11,13-20,22-23,26-36,38-40,42-46H2,1-2H3,(H,56,59)/b6-4+,24-21-,25-12+,41-37+. The van der Waals surface area contributed by atoms with Gasteiger partial charge in [0.1, 0.15) is 24.4 Å². The second-order valence-corrected chi connectivity index (χ2v) is 18.6. The number of carbonyl (C=O) groups is 2. The molecule has 0 spiro atoms. The maximum Gasteiger partial charge on any atom is 0.305 e. The van der Waals surface area contributed by atoms with Crippen LogP contribution in [-0.2, 0) is 23.8 Å². The van der Waals surface area contributed by atoms with Crippen molar-refractivity contribution >= 4 is 11.9 Å². The Labute approximate surface area is 402 Å². The first kappa shape index (κ1) is 61.6. The van der Waals surface area contributed by atoms with E-state index in [-0.39, 0.29) is 18.5 Å². The SMILES string of the molecule is C/C=C/CC/C=C/CC/C=C/C(O)C(COC1OC(CO)C(O)C(O)C1O)NC(=O)CCCCCCC/C=C\CCCCCOC(=O)CCCCCCCCCCCCCCCCCCC. The summed E-state index contributed by atoms with van der Waals surface area (Å²) in [5.74, 6) is -0.272. The first-order chi connectivity index (χ1) is 32.2. The number of esters is 1. The molecule has 0 bridgehead atoms. The topological polar surface area (TPSA) is 175 Å². The number of hydrogen-bond acceptors (Lipinski definition) is 10. The predicted octanol–water partition coefficient (Wildman–Crippen LogP) is 11.3. The number of amides is 1. The van der Waals surface area contributed by atoms with Gasteiger partial charge in [0.15, 0.2) is 6.29 Å². The molecule has 0 aromatic heterocycles. The highest BCUT2D eigenvalue weighted by Gasteiger charge is 2.44. The van der Waals surface area contributed by atoms with Crippen LogP contribution in [0.2, 0.25) is 0 Å². The number of nitrogens with one attached hydrogen (secondary N) is 1. The highest BCUT2D eigenvalue weighted by atomic mass is 16.7. The van der Waals surface area contributed by atoms with E-state index in [2.05, 4.69) is 42.6 Å². The predicted molar refractivity (Wildman–Crippen MR) is 269 cm³/mol. The van der Waals surface area contributed by atoms with E-state index in [0.717, 1.165) is 89.9 Å². The third-order valence-electron chi connectivity index (χ3n) is 12.5. The van der Waals surface area contributed by atoms with Crippen LogP contribution in [0.5, 0.6) is 0 Å². The molecule has 1 fully saturated rings. The molecule has 0 saturated carbocycles. The highest BCUT2D eigenvalue weighted by Crippen LogP contribution is 2.23. The molecule has 0 radical (unpaired) electrons. The largest absolute Gasteiger partial charge is 0.466 e. The lowest BCUT2D eigenvalue weighted by Gasteiger charge is -2.40. The third kappa shape index (κ3) is 34.8. The van der Waals surface area contributed by atoms with Crippen LogP contribution in [0.25, 0.3) is 0 Å². The van der Waals surface area contributed by atoms with Gasteiger partial charge < -0.3 is 45.1 Å². The summed E-state index contributed by atoms with van der Waals surface area (Å²) in [7, 11) is 0. The van der Waals surface area contributed by atoms with Gasteiger partial charge in [0, 0.05) is 12.8 Å². The molecule has 0 aromatic rings. The fourth-order valence-electron chi connectivity index (χ4n) is 8.17. The lowest BCUT2D eigenvalue weighted by Crippen LogP contribution is -2.60. The normalized spacial score (nSPS) is 20.0. The van der Waals surface area contributed by atoms with Crippen LogP contribution in [0.1, 0.15) is 226 Å². The molecule has 11 heteroatoms. The van der Waals surface area contributed by atoms with E-state index in [0.29, 0.717) is 32.3 Å². The molecule has 1 saturated heterocycles. The molecule has 7 atom stereocenters. The number of ether oxygens (including phenoxy) is 3. The zero-order valence-corrected chi connectivity index (χ0v) is 41.9. The van der Waals surface area contributed by atoms with Crippen LogP contribution in [-0.4, -0.2) is 100 Å². The Balaban J connectivity index is 2.11. The summed E-state index contributed by atoms with van der Waals surface area (Å²) in [6.07, 6.45) is 45.1. The van der Waals surface area contributed by atoms with Gasteiger partial charge in [-0.05, 0) is 84.0 Å². The molecule has 1 amide bonds. The van der Waals surface area contributed by atoms with E-state index in [9.17, 15) is 35.1 Å². The van der Waals surface area contributed by atoms with Gasteiger partial charge in [0.2, 0.25) is 5.91 Å². The number of aliphatic hydroxyl groups is 5. The van der Waals surface area contributed by atoms with Crippen LogP contribution in [0, 0.1) is 0 Å². The molecule has 66 heavy (non-hydrogen) atoms. The van der Waals surface area contributed by atoms with E-state index < -0.39 is 49.5 Å². The van der Waals surface area contributed by atoms with E-state index in [1.807, 2.05) is 19.1 Å². The minimum Gasteiger partial charge on any atom is -0.466 e. The Hall–Kier alpha value is -2.38. The zero-order valence-electron chi connectivity index (χ0n) is 41.9. The van der Waals surface area contributed by atoms with Gasteiger partial charge in [0.25, 0.3) is 0 Å². The summed E-state index contributed by atoms with van der Waals surface area (Å²) in [5.41, 5.74) is 0. The molecule has 6 N–H and O–H groups in total. The Morgan fingerprint density at radius 3 is 1.59 bits per heavy atom. The number of hydrogen-bond donors (Lipinski definition) is 6. The minimum absolute atomic E-state index is 0.0460. The average Bonchev–Trinajstić information content (AvgIpc) is 3.31. The van der Waals surface area contributed by atoms with E-state index in [4.69, 9.17) is 14.2 Å². The van der Waals surface area contributed by atoms with E-state index >= 15 is 0 Å². The first-order valence-electron chi connectivity index (χ1n) is 26.9.